The first-order chi connectivity index (χ1) is 7.15. The fourth-order valence-corrected chi connectivity index (χ4v) is 1.88. The Bertz CT molecular complexity index is 339. The highest BCUT2D eigenvalue weighted by molar-refractivity contribution is 9.10. The predicted molar refractivity (Wildman–Crippen MR) is 61.4 cm³/mol. The van der Waals surface area contributed by atoms with Crippen molar-refractivity contribution in [2.75, 3.05) is 13.7 Å². The zero-order valence-corrected chi connectivity index (χ0v) is 10.4. The van der Waals surface area contributed by atoms with Gasteiger partial charge in [-0.15, -0.1) is 11.3 Å². The number of carbonyl (C=O) groups excluding carboxylic acids is 2. The van der Waals surface area contributed by atoms with Crippen molar-refractivity contribution in [1.82, 2.24) is 5.32 Å². The summed E-state index contributed by atoms with van der Waals surface area (Å²) in [5.41, 5.74) is 0. The molecule has 6 heteroatoms. The molecule has 0 aliphatic carbocycles. The molecular weight excluding hydrogens is 282 g/mol. The third kappa shape index (κ3) is 3.64. The summed E-state index contributed by atoms with van der Waals surface area (Å²) in [4.78, 5) is 22.6. The van der Waals surface area contributed by atoms with E-state index in [2.05, 4.69) is 26.0 Å². The standard InChI is InChI=1S/C9H10BrNO3S/c1-14-9(13)6(10)5-11-8(12)7-3-2-4-15-7/h2-4,6H,5H2,1H3,(H,11,12). The Kier molecular flexibility index (Phi) is 4.77. The first-order valence-electron chi connectivity index (χ1n) is 4.18. The number of hydrogen-bond acceptors (Lipinski definition) is 4. The highest BCUT2D eigenvalue weighted by Gasteiger charge is 2.16. The van der Waals surface area contributed by atoms with Crippen LogP contribution >= 0.6 is 27.3 Å². The molecule has 15 heavy (non-hydrogen) atoms. The SMILES string of the molecule is COC(=O)C(Br)CNC(=O)c1cccs1. The van der Waals surface area contributed by atoms with Gasteiger partial charge < -0.3 is 10.1 Å². The van der Waals surface area contributed by atoms with E-state index in [1.165, 1.54) is 18.4 Å². The van der Waals surface area contributed by atoms with E-state index in [0.717, 1.165) is 0 Å². The van der Waals surface area contributed by atoms with Gasteiger partial charge in [0.25, 0.3) is 5.91 Å². The van der Waals surface area contributed by atoms with E-state index in [4.69, 9.17) is 0 Å². The monoisotopic (exact) mass is 291 g/mol. The Hall–Kier alpha value is -0.880. The molecule has 0 aromatic carbocycles. The van der Waals surface area contributed by atoms with Crippen LogP contribution in [0.2, 0.25) is 0 Å². The van der Waals surface area contributed by atoms with Gasteiger partial charge in [0.15, 0.2) is 0 Å². The highest BCUT2D eigenvalue weighted by atomic mass is 79.9. The van der Waals surface area contributed by atoms with Crippen molar-refractivity contribution >= 4 is 39.1 Å². The fourth-order valence-electron chi connectivity index (χ4n) is 0.888. The number of carbonyl (C=O) groups is 2. The van der Waals surface area contributed by atoms with Gasteiger partial charge in [-0.2, -0.15) is 0 Å². The lowest BCUT2D eigenvalue weighted by Crippen LogP contribution is -2.33. The molecule has 0 aliphatic heterocycles. The third-order valence-electron chi connectivity index (χ3n) is 1.64. The van der Waals surface area contributed by atoms with Crippen LogP contribution in [0, 0.1) is 0 Å². The molecule has 1 aromatic heterocycles. The van der Waals surface area contributed by atoms with Gasteiger partial charge in [0.05, 0.1) is 12.0 Å². The van der Waals surface area contributed by atoms with E-state index < -0.39 is 10.8 Å². The lowest BCUT2D eigenvalue weighted by molar-refractivity contribution is -0.139. The summed E-state index contributed by atoms with van der Waals surface area (Å²) in [6, 6.07) is 3.52. The fraction of sp³-hybridized carbons (Fsp3) is 0.333. The molecule has 1 amide bonds. The highest BCUT2D eigenvalue weighted by Crippen LogP contribution is 2.08. The number of esters is 1. The Morgan fingerprint density at radius 3 is 2.93 bits per heavy atom. The van der Waals surface area contributed by atoms with Crippen LogP contribution in [-0.2, 0) is 9.53 Å². The van der Waals surface area contributed by atoms with E-state index in [-0.39, 0.29) is 12.5 Å². The number of nitrogens with one attached hydrogen (secondary N) is 1. The number of halogens is 1. The van der Waals surface area contributed by atoms with Crippen LogP contribution < -0.4 is 5.32 Å². The van der Waals surface area contributed by atoms with Gasteiger partial charge in [-0.3, -0.25) is 9.59 Å². The number of amides is 1. The Labute approximate surface area is 99.8 Å². The van der Waals surface area contributed by atoms with Gasteiger partial charge >= 0.3 is 5.97 Å². The molecule has 0 fully saturated rings. The summed E-state index contributed by atoms with van der Waals surface area (Å²) in [5, 5.41) is 4.44. The Balaban J connectivity index is 2.38. The molecule has 1 N–H and O–H groups in total. The minimum Gasteiger partial charge on any atom is -0.468 e. The van der Waals surface area contributed by atoms with E-state index in [0.29, 0.717) is 4.88 Å². The molecule has 0 bridgehead atoms. The van der Waals surface area contributed by atoms with Gasteiger partial charge in [-0.25, -0.2) is 0 Å². The summed E-state index contributed by atoms with van der Waals surface area (Å²) >= 11 is 4.46. The van der Waals surface area contributed by atoms with Gasteiger partial charge in [-0.1, -0.05) is 22.0 Å². The zero-order chi connectivity index (χ0) is 11.3. The van der Waals surface area contributed by atoms with Crippen molar-refractivity contribution in [1.29, 1.82) is 0 Å². The summed E-state index contributed by atoms with van der Waals surface area (Å²) in [5.74, 6) is -0.583. The van der Waals surface area contributed by atoms with Gasteiger partial charge in [-0.05, 0) is 11.4 Å². The molecule has 0 saturated heterocycles. The first kappa shape index (κ1) is 12.2. The van der Waals surface area contributed by atoms with Crippen molar-refractivity contribution in [2.24, 2.45) is 0 Å². The summed E-state index contributed by atoms with van der Waals surface area (Å²) in [7, 11) is 1.30. The normalized spacial score (nSPS) is 11.9. The third-order valence-corrected chi connectivity index (χ3v) is 3.21. The van der Waals surface area contributed by atoms with E-state index >= 15 is 0 Å². The van der Waals surface area contributed by atoms with Crippen LogP contribution in [0.1, 0.15) is 9.67 Å². The molecule has 4 nitrogen and oxygen atoms in total. The second kappa shape index (κ2) is 5.87. The minimum atomic E-state index is -0.508. The summed E-state index contributed by atoms with van der Waals surface area (Å²) in [6.45, 7) is 0.212. The molecule has 0 radical (unpaired) electrons. The van der Waals surface area contributed by atoms with E-state index in [9.17, 15) is 9.59 Å². The molecule has 0 spiro atoms. The smallest absolute Gasteiger partial charge is 0.321 e. The molecule has 1 aromatic rings. The molecule has 1 unspecified atom stereocenters. The van der Waals surface area contributed by atoms with E-state index in [1.54, 1.807) is 12.1 Å². The number of ether oxygens (including phenoxy) is 1. The topological polar surface area (TPSA) is 55.4 Å². The van der Waals surface area contributed by atoms with Crippen molar-refractivity contribution < 1.29 is 14.3 Å². The molecule has 1 atom stereocenters. The molecule has 0 saturated carbocycles. The molecule has 1 heterocycles. The van der Waals surface area contributed by atoms with Crippen LogP contribution in [0.15, 0.2) is 17.5 Å². The summed E-state index contributed by atoms with van der Waals surface area (Å²) < 4.78 is 4.50. The first-order valence-corrected chi connectivity index (χ1v) is 5.98. The Morgan fingerprint density at radius 1 is 1.67 bits per heavy atom. The van der Waals surface area contributed by atoms with Crippen molar-refractivity contribution in [2.45, 2.75) is 4.83 Å². The van der Waals surface area contributed by atoms with Crippen LogP contribution in [-0.4, -0.2) is 30.4 Å². The van der Waals surface area contributed by atoms with Crippen LogP contribution in [0.4, 0.5) is 0 Å². The minimum absolute atomic E-state index is 0.182. The molecule has 82 valence electrons. The van der Waals surface area contributed by atoms with Crippen LogP contribution in [0.5, 0.6) is 0 Å². The Morgan fingerprint density at radius 2 is 2.40 bits per heavy atom. The maximum absolute atomic E-state index is 11.4. The van der Waals surface area contributed by atoms with Crippen LogP contribution in [0.25, 0.3) is 0 Å². The molecule has 1 rings (SSSR count). The van der Waals surface area contributed by atoms with Crippen molar-refractivity contribution in [3.8, 4) is 0 Å². The van der Waals surface area contributed by atoms with Gasteiger partial charge in [0, 0.05) is 6.54 Å². The number of alkyl halides is 1. The number of methoxy groups -OCH3 is 1. The second-order valence-electron chi connectivity index (χ2n) is 2.68. The van der Waals surface area contributed by atoms with Crippen molar-refractivity contribution in [3.05, 3.63) is 22.4 Å². The van der Waals surface area contributed by atoms with Gasteiger partial charge in [0.1, 0.15) is 4.83 Å². The van der Waals surface area contributed by atoms with Crippen LogP contribution in [0.3, 0.4) is 0 Å². The number of hydrogen-bond donors (Lipinski definition) is 1. The largest absolute Gasteiger partial charge is 0.468 e. The quantitative estimate of drug-likeness (QED) is 0.674. The maximum atomic E-state index is 11.4. The molecule has 0 aliphatic rings. The van der Waals surface area contributed by atoms with Crippen molar-refractivity contribution in [3.63, 3.8) is 0 Å². The van der Waals surface area contributed by atoms with E-state index in [1.807, 2.05) is 5.38 Å². The number of rotatable bonds is 4. The lowest BCUT2D eigenvalue weighted by atomic mass is 10.4. The van der Waals surface area contributed by atoms with Gasteiger partial charge in [0.2, 0.25) is 0 Å². The maximum Gasteiger partial charge on any atom is 0.321 e. The lowest BCUT2D eigenvalue weighted by Gasteiger charge is -2.08. The molecular formula is C9H10BrNO3S. The zero-order valence-electron chi connectivity index (χ0n) is 8.03. The predicted octanol–water partition coefficient (Wildman–Crippen LogP) is 1.41. The second-order valence-corrected chi connectivity index (χ2v) is 4.73. The average Bonchev–Trinajstić information content (AvgIpc) is 2.77. The average molecular weight is 292 g/mol. The number of thiophene rings is 1. The summed E-state index contributed by atoms with van der Waals surface area (Å²) in [6.07, 6.45) is 0.